The Morgan fingerprint density at radius 2 is 1.59 bits per heavy atom. The lowest BCUT2D eigenvalue weighted by Gasteiger charge is -2.33. The summed E-state index contributed by atoms with van der Waals surface area (Å²) in [6, 6.07) is 0. The molecule has 102 valence electrons. The molecule has 0 saturated carbocycles. The van der Waals surface area contributed by atoms with E-state index in [-0.39, 0.29) is 0 Å². The van der Waals surface area contributed by atoms with Gasteiger partial charge >= 0.3 is 0 Å². The van der Waals surface area contributed by atoms with Crippen molar-refractivity contribution in [3.8, 4) is 0 Å². The average molecular weight is 239 g/mol. The molecule has 0 bridgehead atoms. The Kier molecular flexibility index (Phi) is 7.18. The average Bonchev–Trinajstić information content (AvgIpc) is 2.37. The molecule has 1 rings (SSSR count). The van der Waals surface area contributed by atoms with Crippen LogP contribution < -0.4 is 0 Å². The van der Waals surface area contributed by atoms with E-state index in [2.05, 4.69) is 32.6 Å². The summed E-state index contributed by atoms with van der Waals surface area (Å²) in [7, 11) is 0. The molecule has 0 aliphatic carbocycles. The second kappa shape index (κ2) is 8.13. The standard InChI is InChI=1S/C16H33N/c1-5-14(3)7-8-16-9-11-17(12-10-16)13-15(4)6-2/h14-16H,5-13H2,1-4H3. The van der Waals surface area contributed by atoms with Gasteiger partial charge in [-0.05, 0) is 43.7 Å². The monoisotopic (exact) mass is 239 g/mol. The molecule has 1 aliphatic heterocycles. The predicted octanol–water partition coefficient (Wildman–Crippen LogP) is 4.57. The van der Waals surface area contributed by atoms with E-state index in [9.17, 15) is 0 Å². The first-order chi connectivity index (χ1) is 8.15. The first kappa shape index (κ1) is 15.0. The molecule has 2 unspecified atom stereocenters. The van der Waals surface area contributed by atoms with Crippen LogP contribution in [-0.4, -0.2) is 24.5 Å². The van der Waals surface area contributed by atoms with E-state index >= 15 is 0 Å². The summed E-state index contributed by atoms with van der Waals surface area (Å²) in [6.45, 7) is 13.5. The minimum absolute atomic E-state index is 0.881. The van der Waals surface area contributed by atoms with Gasteiger partial charge in [0, 0.05) is 6.54 Å². The SMILES string of the molecule is CCC(C)CCC1CCN(CC(C)CC)CC1. The van der Waals surface area contributed by atoms with Gasteiger partial charge in [-0.25, -0.2) is 0 Å². The lowest BCUT2D eigenvalue weighted by atomic mass is 9.88. The fraction of sp³-hybridized carbons (Fsp3) is 1.00. The first-order valence-corrected chi connectivity index (χ1v) is 7.88. The molecule has 1 heteroatoms. The molecule has 0 radical (unpaired) electrons. The van der Waals surface area contributed by atoms with Crippen molar-refractivity contribution in [1.29, 1.82) is 0 Å². The Hall–Kier alpha value is -0.0400. The highest BCUT2D eigenvalue weighted by atomic mass is 15.1. The Balaban J connectivity index is 2.13. The number of piperidine rings is 1. The normalized spacial score (nSPS) is 22.6. The van der Waals surface area contributed by atoms with E-state index in [4.69, 9.17) is 0 Å². The Morgan fingerprint density at radius 1 is 1.00 bits per heavy atom. The second-order valence-corrected chi connectivity index (χ2v) is 6.35. The summed E-state index contributed by atoms with van der Waals surface area (Å²) in [4.78, 5) is 2.69. The van der Waals surface area contributed by atoms with Gasteiger partial charge in [-0.15, -0.1) is 0 Å². The van der Waals surface area contributed by atoms with Crippen molar-refractivity contribution >= 4 is 0 Å². The smallest absolute Gasteiger partial charge is 0.000692 e. The molecule has 0 aromatic rings. The lowest BCUT2D eigenvalue weighted by Crippen LogP contribution is -2.36. The van der Waals surface area contributed by atoms with Gasteiger partial charge in [-0.3, -0.25) is 0 Å². The summed E-state index contributed by atoms with van der Waals surface area (Å²) < 4.78 is 0. The maximum absolute atomic E-state index is 2.69. The Bertz CT molecular complexity index is 182. The summed E-state index contributed by atoms with van der Waals surface area (Å²) in [6.07, 6.45) is 8.51. The fourth-order valence-corrected chi connectivity index (χ4v) is 2.75. The molecule has 0 N–H and O–H groups in total. The molecule has 0 amide bonds. The number of nitrogens with zero attached hydrogens (tertiary/aromatic N) is 1. The van der Waals surface area contributed by atoms with Crippen LogP contribution in [0.4, 0.5) is 0 Å². The topological polar surface area (TPSA) is 3.24 Å². The molecular formula is C16H33N. The zero-order valence-electron chi connectivity index (χ0n) is 12.5. The van der Waals surface area contributed by atoms with Gasteiger partial charge in [0.25, 0.3) is 0 Å². The van der Waals surface area contributed by atoms with Crippen LogP contribution in [0.3, 0.4) is 0 Å². The highest BCUT2D eigenvalue weighted by Gasteiger charge is 2.20. The molecule has 0 aromatic carbocycles. The molecule has 1 saturated heterocycles. The van der Waals surface area contributed by atoms with Crippen LogP contribution in [0.2, 0.25) is 0 Å². The third-order valence-electron chi connectivity index (χ3n) is 4.74. The van der Waals surface area contributed by atoms with E-state index in [1.165, 1.54) is 58.2 Å². The van der Waals surface area contributed by atoms with Crippen LogP contribution in [-0.2, 0) is 0 Å². The van der Waals surface area contributed by atoms with E-state index in [0.29, 0.717) is 0 Å². The number of likely N-dealkylation sites (tertiary alicyclic amines) is 1. The van der Waals surface area contributed by atoms with Gasteiger partial charge in [0.15, 0.2) is 0 Å². The maximum atomic E-state index is 2.69. The quantitative estimate of drug-likeness (QED) is 0.629. The number of hydrogen-bond acceptors (Lipinski definition) is 1. The van der Waals surface area contributed by atoms with Crippen LogP contribution in [0.15, 0.2) is 0 Å². The molecule has 1 aliphatic rings. The van der Waals surface area contributed by atoms with Crippen molar-refractivity contribution in [1.82, 2.24) is 4.90 Å². The van der Waals surface area contributed by atoms with E-state index in [1.54, 1.807) is 0 Å². The largest absolute Gasteiger partial charge is 0.303 e. The van der Waals surface area contributed by atoms with Gasteiger partial charge in [0.2, 0.25) is 0 Å². The summed E-state index contributed by atoms with van der Waals surface area (Å²) in [5, 5.41) is 0. The zero-order chi connectivity index (χ0) is 12.7. The lowest BCUT2D eigenvalue weighted by molar-refractivity contribution is 0.155. The van der Waals surface area contributed by atoms with Gasteiger partial charge in [0.1, 0.15) is 0 Å². The third kappa shape index (κ3) is 5.90. The van der Waals surface area contributed by atoms with Gasteiger partial charge in [0.05, 0.1) is 0 Å². The van der Waals surface area contributed by atoms with Gasteiger partial charge in [-0.1, -0.05) is 53.4 Å². The number of hydrogen-bond donors (Lipinski definition) is 0. The van der Waals surface area contributed by atoms with E-state index in [1.807, 2.05) is 0 Å². The Morgan fingerprint density at radius 3 is 2.12 bits per heavy atom. The minimum atomic E-state index is 0.881. The Labute approximate surface area is 109 Å². The van der Waals surface area contributed by atoms with Crippen LogP contribution in [0, 0.1) is 17.8 Å². The molecular weight excluding hydrogens is 206 g/mol. The molecule has 0 spiro atoms. The summed E-state index contributed by atoms with van der Waals surface area (Å²) in [5.74, 6) is 2.84. The summed E-state index contributed by atoms with van der Waals surface area (Å²) in [5.41, 5.74) is 0. The van der Waals surface area contributed by atoms with Crippen LogP contribution in [0.5, 0.6) is 0 Å². The predicted molar refractivity (Wildman–Crippen MR) is 77.3 cm³/mol. The minimum Gasteiger partial charge on any atom is -0.303 e. The van der Waals surface area contributed by atoms with Crippen molar-refractivity contribution in [3.63, 3.8) is 0 Å². The zero-order valence-corrected chi connectivity index (χ0v) is 12.5. The van der Waals surface area contributed by atoms with Gasteiger partial charge < -0.3 is 4.90 Å². The van der Waals surface area contributed by atoms with Gasteiger partial charge in [-0.2, -0.15) is 0 Å². The van der Waals surface area contributed by atoms with Crippen molar-refractivity contribution < 1.29 is 0 Å². The van der Waals surface area contributed by atoms with Crippen molar-refractivity contribution in [2.24, 2.45) is 17.8 Å². The second-order valence-electron chi connectivity index (χ2n) is 6.35. The van der Waals surface area contributed by atoms with Crippen molar-refractivity contribution in [2.75, 3.05) is 19.6 Å². The molecule has 1 heterocycles. The summed E-state index contributed by atoms with van der Waals surface area (Å²) >= 11 is 0. The van der Waals surface area contributed by atoms with E-state index < -0.39 is 0 Å². The van der Waals surface area contributed by atoms with Crippen LogP contribution in [0.25, 0.3) is 0 Å². The molecule has 2 atom stereocenters. The van der Waals surface area contributed by atoms with E-state index in [0.717, 1.165) is 17.8 Å². The maximum Gasteiger partial charge on any atom is 0.000692 e. The molecule has 0 aromatic heterocycles. The number of rotatable bonds is 7. The van der Waals surface area contributed by atoms with Crippen LogP contribution in [0.1, 0.15) is 66.2 Å². The molecule has 1 fully saturated rings. The molecule has 17 heavy (non-hydrogen) atoms. The van der Waals surface area contributed by atoms with Crippen LogP contribution >= 0.6 is 0 Å². The highest BCUT2D eigenvalue weighted by molar-refractivity contribution is 4.74. The first-order valence-electron chi connectivity index (χ1n) is 7.88. The van der Waals surface area contributed by atoms with Crippen molar-refractivity contribution in [3.05, 3.63) is 0 Å². The fourth-order valence-electron chi connectivity index (χ4n) is 2.75. The third-order valence-corrected chi connectivity index (χ3v) is 4.74. The molecule has 1 nitrogen and oxygen atoms in total. The van der Waals surface area contributed by atoms with Crippen molar-refractivity contribution in [2.45, 2.75) is 66.2 Å². The highest BCUT2D eigenvalue weighted by Crippen LogP contribution is 2.25.